The third-order valence-electron chi connectivity index (χ3n) is 1.29. The van der Waals surface area contributed by atoms with Crippen LogP contribution in [-0.2, 0) is 7.05 Å². The Balaban J connectivity index is 3.10. The molecule has 0 atom stereocenters. The van der Waals surface area contributed by atoms with Gasteiger partial charge in [0.15, 0.2) is 11.6 Å². The average Bonchev–Trinajstić information content (AvgIpc) is 2.11. The third-order valence-corrected chi connectivity index (χ3v) is 1.29. The molecule has 0 spiro atoms. The van der Waals surface area contributed by atoms with E-state index < -0.39 is 0 Å². The van der Waals surface area contributed by atoms with Crippen LogP contribution in [0.15, 0.2) is 6.20 Å². The number of aryl methyl sites for hydroxylation is 1. The predicted molar refractivity (Wildman–Crippen MR) is 37.5 cm³/mol. The number of nitrogens with zero attached hydrogens (tertiary/aromatic N) is 3. The maximum Gasteiger partial charge on any atom is 0.185 e. The van der Waals surface area contributed by atoms with E-state index in [2.05, 4.69) is 5.10 Å². The second-order valence-electron chi connectivity index (χ2n) is 2.33. The lowest BCUT2D eigenvalue weighted by molar-refractivity contribution is 0.622. The Hall–Kier alpha value is -1.06. The molecule has 0 N–H and O–H groups in total. The highest BCUT2D eigenvalue weighted by atomic mass is 19.1. The van der Waals surface area contributed by atoms with Crippen molar-refractivity contribution in [3.05, 3.63) is 12.0 Å². The highest BCUT2D eigenvalue weighted by Gasteiger charge is 2.08. The van der Waals surface area contributed by atoms with Crippen LogP contribution in [0.1, 0.15) is 0 Å². The van der Waals surface area contributed by atoms with E-state index in [1.165, 1.54) is 10.9 Å². The number of rotatable bonds is 1. The van der Waals surface area contributed by atoms with Gasteiger partial charge < -0.3 is 4.90 Å². The molecule has 3 nitrogen and oxygen atoms in total. The number of aromatic nitrogens is 2. The van der Waals surface area contributed by atoms with Gasteiger partial charge in [0.2, 0.25) is 0 Å². The molecule has 0 fully saturated rings. The molecule has 0 aromatic carbocycles. The summed E-state index contributed by atoms with van der Waals surface area (Å²) in [7, 11) is 5.26. The van der Waals surface area contributed by atoms with E-state index >= 15 is 0 Å². The number of hydrogen-bond acceptors (Lipinski definition) is 2. The largest absolute Gasteiger partial charge is 0.361 e. The van der Waals surface area contributed by atoms with Gasteiger partial charge in [-0.05, 0) is 0 Å². The Labute approximate surface area is 59.1 Å². The van der Waals surface area contributed by atoms with E-state index in [4.69, 9.17) is 0 Å². The predicted octanol–water partition coefficient (Wildman–Crippen LogP) is 0.625. The fraction of sp³-hybridized carbons (Fsp3) is 0.500. The molecule has 4 heteroatoms. The molecule has 56 valence electrons. The quantitative estimate of drug-likeness (QED) is 0.574. The minimum atomic E-state index is -0.285. The minimum Gasteiger partial charge on any atom is -0.361 e. The van der Waals surface area contributed by atoms with Crippen molar-refractivity contribution in [2.45, 2.75) is 0 Å². The van der Waals surface area contributed by atoms with E-state index in [0.717, 1.165) is 0 Å². The van der Waals surface area contributed by atoms with Gasteiger partial charge in [0.05, 0.1) is 6.20 Å². The maximum atomic E-state index is 12.7. The SMILES string of the molecule is CN(C)c1c(F)cnn1C. The molecule has 1 heterocycles. The van der Waals surface area contributed by atoms with Crippen LogP contribution in [0.25, 0.3) is 0 Å². The normalized spacial score (nSPS) is 10.0. The molecule has 0 aliphatic heterocycles. The fourth-order valence-electron chi connectivity index (χ4n) is 0.907. The molecule has 0 aliphatic rings. The second-order valence-corrected chi connectivity index (χ2v) is 2.33. The van der Waals surface area contributed by atoms with Crippen LogP contribution in [0.2, 0.25) is 0 Å². The lowest BCUT2D eigenvalue weighted by Crippen LogP contribution is -2.14. The lowest BCUT2D eigenvalue weighted by atomic mass is 10.5. The first kappa shape index (κ1) is 7.05. The Morgan fingerprint density at radius 1 is 1.60 bits per heavy atom. The van der Waals surface area contributed by atoms with Gasteiger partial charge in [0.25, 0.3) is 0 Å². The Kier molecular flexibility index (Phi) is 1.61. The fourth-order valence-corrected chi connectivity index (χ4v) is 0.907. The van der Waals surface area contributed by atoms with Gasteiger partial charge in [-0.3, -0.25) is 4.68 Å². The summed E-state index contributed by atoms with van der Waals surface area (Å²) in [6.45, 7) is 0. The molecule has 0 aliphatic carbocycles. The van der Waals surface area contributed by atoms with Crippen LogP contribution in [-0.4, -0.2) is 23.9 Å². The summed E-state index contributed by atoms with van der Waals surface area (Å²) in [5.74, 6) is 0.215. The van der Waals surface area contributed by atoms with Gasteiger partial charge in [0, 0.05) is 21.1 Å². The zero-order chi connectivity index (χ0) is 7.72. The Morgan fingerprint density at radius 2 is 2.20 bits per heavy atom. The summed E-state index contributed by atoms with van der Waals surface area (Å²) >= 11 is 0. The smallest absolute Gasteiger partial charge is 0.185 e. The molecular formula is C6H10FN3. The molecule has 0 radical (unpaired) electrons. The molecule has 10 heavy (non-hydrogen) atoms. The monoisotopic (exact) mass is 143 g/mol. The number of halogens is 1. The zero-order valence-electron chi connectivity index (χ0n) is 6.30. The van der Waals surface area contributed by atoms with Gasteiger partial charge in [-0.25, -0.2) is 4.39 Å². The van der Waals surface area contributed by atoms with Gasteiger partial charge in [0.1, 0.15) is 0 Å². The molecule has 0 bridgehead atoms. The van der Waals surface area contributed by atoms with E-state index in [9.17, 15) is 4.39 Å². The van der Waals surface area contributed by atoms with E-state index in [0.29, 0.717) is 5.82 Å². The first-order chi connectivity index (χ1) is 4.63. The van der Waals surface area contributed by atoms with Crippen molar-refractivity contribution in [1.82, 2.24) is 9.78 Å². The summed E-state index contributed by atoms with van der Waals surface area (Å²) in [4.78, 5) is 1.68. The topological polar surface area (TPSA) is 21.1 Å². The standard InChI is InChI=1S/C6H10FN3/c1-9(2)6-5(7)4-8-10(6)3/h4H,1-3H3. The van der Waals surface area contributed by atoms with Crippen LogP contribution in [0.4, 0.5) is 10.2 Å². The second kappa shape index (κ2) is 2.28. The molecule has 1 aromatic heterocycles. The summed E-state index contributed by atoms with van der Waals surface area (Å²) in [6.07, 6.45) is 1.20. The summed E-state index contributed by atoms with van der Waals surface area (Å²) in [5.41, 5.74) is 0. The summed E-state index contributed by atoms with van der Waals surface area (Å²) in [5, 5.41) is 3.74. The van der Waals surface area contributed by atoms with Gasteiger partial charge in [-0.2, -0.15) is 5.10 Å². The van der Waals surface area contributed by atoms with E-state index in [1.54, 1.807) is 26.0 Å². The van der Waals surface area contributed by atoms with Crippen molar-refractivity contribution in [3.63, 3.8) is 0 Å². The molecule has 1 aromatic rings. The third kappa shape index (κ3) is 0.964. The van der Waals surface area contributed by atoms with Crippen molar-refractivity contribution in [2.75, 3.05) is 19.0 Å². The van der Waals surface area contributed by atoms with Crippen LogP contribution in [0, 0.1) is 5.82 Å². The van der Waals surface area contributed by atoms with Gasteiger partial charge in [-0.1, -0.05) is 0 Å². The van der Waals surface area contributed by atoms with Crippen molar-refractivity contribution >= 4 is 5.82 Å². The molecule has 0 unspecified atom stereocenters. The highest BCUT2D eigenvalue weighted by Crippen LogP contribution is 2.13. The first-order valence-electron chi connectivity index (χ1n) is 2.97. The average molecular weight is 143 g/mol. The van der Waals surface area contributed by atoms with Crippen molar-refractivity contribution in [2.24, 2.45) is 7.05 Å². The molecular weight excluding hydrogens is 133 g/mol. The molecule has 0 saturated heterocycles. The molecule has 0 saturated carbocycles. The van der Waals surface area contributed by atoms with Crippen LogP contribution >= 0.6 is 0 Å². The summed E-state index contributed by atoms with van der Waals surface area (Å²) in [6, 6.07) is 0. The van der Waals surface area contributed by atoms with Gasteiger partial charge in [-0.15, -0.1) is 0 Å². The van der Waals surface area contributed by atoms with E-state index in [-0.39, 0.29) is 5.82 Å². The molecule has 0 amide bonds. The first-order valence-corrected chi connectivity index (χ1v) is 2.97. The maximum absolute atomic E-state index is 12.7. The Morgan fingerprint density at radius 3 is 2.40 bits per heavy atom. The van der Waals surface area contributed by atoms with Crippen LogP contribution < -0.4 is 4.90 Å². The Bertz CT molecular complexity index is 209. The van der Waals surface area contributed by atoms with E-state index in [1.807, 2.05) is 0 Å². The highest BCUT2D eigenvalue weighted by molar-refractivity contribution is 5.37. The van der Waals surface area contributed by atoms with Crippen LogP contribution in [0.3, 0.4) is 0 Å². The van der Waals surface area contributed by atoms with Crippen molar-refractivity contribution in [3.8, 4) is 0 Å². The van der Waals surface area contributed by atoms with Crippen molar-refractivity contribution in [1.29, 1.82) is 0 Å². The van der Waals surface area contributed by atoms with Gasteiger partial charge >= 0.3 is 0 Å². The number of anilines is 1. The number of hydrogen-bond donors (Lipinski definition) is 0. The van der Waals surface area contributed by atoms with Crippen LogP contribution in [0.5, 0.6) is 0 Å². The minimum absolute atomic E-state index is 0.285. The summed E-state index contributed by atoms with van der Waals surface area (Å²) < 4.78 is 14.2. The zero-order valence-corrected chi connectivity index (χ0v) is 6.30. The van der Waals surface area contributed by atoms with Crippen molar-refractivity contribution < 1.29 is 4.39 Å². The molecule has 1 rings (SSSR count). The lowest BCUT2D eigenvalue weighted by Gasteiger charge is -2.11.